The monoisotopic (exact) mass is 351 g/mol. The minimum Gasteiger partial charge on any atom is -0.481 e. The summed E-state index contributed by atoms with van der Waals surface area (Å²) in [5.41, 5.74) is 4.93. The SMILES string of the molecule is O=C(O)CC1S/C(=N\N=C2c3ccccc3-c3ccccc32)NC1=O. The number of nitrogens with one attached hydrogen (secondary N) is 1. The van der Waals surface area contributed by atoms with Crippen molar-refractivity contribution in [2.45, 2.75) is 11.7 Å². The molecule has 1 aliphatic carbocycles. The van der Waals surface area contributed by atoms with Crippen molar-refractivity contribution in [2.75, 3.05) is 0 Å². The third-order valence-electron chi connectivity index (χ3n) is 4.03. The summed E-state index contributed by atoms with van der Waals surface area (Å²) in [5.74, 6) is -1.36. The Bertz CT molecular complexity index is 905. The molecule has 0 aromatic heterocycles. The second-order valence-corrected chi connectivity index (χ2v) is 6.83. The Morgan fingerprint density at radius 2 is 1.56 bits per heavy atom. The number of amides is 1. The highest BCUT2D eigenvalue weighted by atomic mass is 32.2. The van der Waals surface area contributed by atoms with Crippen LogP contribution in [0, 0.1) is 0 Å². The van der Waals surface area contributed by atoms with Crippen LogP contribution in [0.5, 0.6) is 0 Å². The quantitative estimate of drug-likeness (QED) is 0.709. The number of amidine groups is 1. The van der Waals surface area contributed by atoms with Crippen LogP contribution in [0.25, 0.3) is 11.1 Å². The first kappa shape index (κ1) is 15.6. The minimum atomic E-state index is -1.01. The smallest absolute Gasteiger partial charge is 0.305 e. The number of nitrogens with zero attached hydrogens (tertiary/aromatic N) is 2. The molecule has 1 unspecified atom stereocenters. The van der Waals surface area contributed by atoms with E-state index in [2.05, 4.69) is 15.5 Å². The topological polar surface area (TPSA) is 91.1 Å². The summed E-state index contributed by atoms with van der Waals surface area (Å²) >= 11 is 1.09. The normalized spacial score (nSPS) is 19.5. The van der Waals surface area contributed by atoms with E-state index in [1.54, 1.807) is 0 Å². The number of rotatable bonds is 3. The van der Waals surface area contributed by atoms with Crippen LogP contribution in [0.3, 0.4) is 0 Å². The lowest BCUT2D eigenvalue weighted by molar-refractivity contribution is -0.138. The van der Waals surface area contributed by atoms with Crippen LogP contribution in [0.15, 0.2) is 58.7 Å². The molecule has 0 radical (unpaired) electrons. The molecule has 6 nitrogen and oxygen atoms in total. The maximum atomic E-state index is 11.8. The van der Waals surface area contributed by atoms with Crippen LogP contribution in [0.4, 0.5) is 0 Å². The van der Waals surface area contributed by atoms with E-state index in [1.807, 2.05) is 48.5 Å². The van der Waals surface area contributed by atoms with Gasteiger partial charge < -0.3 is 10.4 Å². The number of fused-ring (bicyclic) bond motifs is 3. The zero-order valence-corrected chi connectivity index (χ0v) is 13.8. The Morgan fingerprint density at radius 1 is 1.00 bits per heavy atom. The molecule has 124 valence electrons. The zero-order valence-electron chi connectivity index (χ0n) is 13.0. The number of aliphatic carboxylic acids is 1. The average molecular weight is 351 g/mol. The van der Waals surface area contributed by atoms with E-state index >= 15 is 0 Å². The van der Waals surface area contributed by atoms with E-state index in [0.29, 0.717) is 5.17 Å². The van der Waals surface area contributed by atoms with Crippen molar-refractivity contribution >= 4 is 34.5 Å². The molecule has 2 N–H and O–H groups in total. The number of carbonyl (C=O) groups excluding carboxylic acids is 1. The Morgan fingerprint density at radius 3 is 2.12 bits per heavy atom. The fraction of sp³-hybridized carbons (Fsp3) is 0.111. The second kappa shape index (κ2) is 6.18. The Labute approximate surface area is 147 Å². The Balaban J connectivity index is 1.68. The van der Waals surface area contributed by atoms with Gasteiger partial charge >= 0.3 is 5.97 Å². The lowest BCUT2D eigenvalue weighted by Crippen LogP contribution is -2.26. The van der Waals surface area contributed by atoms with Crippen LogP contribution in [0.2, 0.25) is 0 Å². The van der Waals surface area contributed by atoms with E-state index in [9.17, 15) is 9.59 Å². The fourth-order valence-electron chi connectivity index (χ4n) is 2.94. The number of carboxylic acid groups (broad SMARTS) is 1. The number of hydrogen-bond acceptors (Lipinski definition) is 5. The van der Waals surface area contributed by atoms with Gasteiger partial charge in [-0.15, -0.1) is 10.2 Å². The molecule has 1 aliphatic heterocycles. The van der Waals surface area contributed by atoms with Crippen LogP contribution in [-0.4, -0.2) is 33.1 Å². The molecule has 2 aliphatic rings. The van der Waals surface area contributed by atoms with Crippen molar-refractivity contribution < 1.29 is 14.7 Å². The van der Waals surface area contributed by atoms with Crippen LogP contribution in [-0.2, 0) is 9.59 Å². The van der Waals surface area contributed by atoms with Gasteiger partial charge in [-0.2, -0.15) is 0 Å². The van der Waals surface area contributed by atoms with Crippen LogP contribution < -0.4 is 5.32 Å². The van der Waals surface area contributed by atoms with Gasteiger partial charge in [0.25, 0.3) is 0 Å². The van der Waals surface area contributed by atoms with Crippen LogP contribution in [0.1, 0.15) is 17.5 Å². The molecule has 7 heteroatoms. The minimum absolute atomic E-state index is 0.238. The van der Waals surface area contributed by atoms with Crippen LogP contribution >= 0.6 is 11.8 Å². The zero-order chi connectivity index (χ0) is 17.4. The summed E-state index contributed by atoms with van der Waals surface area (Å²) in [6, 6.07) is 15.9. The van der Waals surface area contributed by atoms with Crippen molar-refractivity contribution in [2.24, 2.45) is 10.2 Å². The van der Waals surface area contributed by atoms with E-state index in [0.717, 1.165) is 39.7 Å². The average Bonchev–Trinajstić information content (AvgIpc) is 3.11. The van der Waals surface area contributed by atoms with Gasteiger partial charge in [-0.1, -0.05) is 60.3 Å². The van der Waals surface area contributed by atoms with Crippen molar-refractivity contribution in [1.29, 1.82) is 0 Å². The Hall–Kier alpha value is -2.93. The van der Waals surface area contributed by atoms with E-state index in [4.69, 9.17) is 5.11 Å². The van der Waals surface area contributed by atoms with Crippen molar-refractivity contribution in [3.63, 3.8) is 0 Å². The molecule has 0 spiro atoms. The summed E-state index contributed by atoms with van der Waals surface area (Å²) in [7, 11) is 0. The van der Waals surface area contributed by atoms with Gasteiger partial charge in [0.1, 0.15) is 11.0 Å². The largest absolute Gasteiger partial charge is 0.481 e. The predicted octanol–water partition coefficient (Wildman–Crippen LogP) is 2.48. The molecule has 0 bridgehead atoms. The molecule has 1 atom stereocenters. The second-order valence-electron chi connectivity index (χ2n) is 5.64. The molecular weight excluding hydrogens is 338 g/mol. The summed E-state index contributed by atoms with van der Waals surface area (Å²) < 4.78 is 0. The summed E-state index contributed by atoms with van der Waals surface area (Å²) in [4.78, 5) is 22.6. The van der Waals surface area contributed by atoms with E-state index < -0.39 is 11.2 Å². The molecule has 1 fully saturated rings. The lowest BCUT2D eigenvalue weighted by Gasteiger charge is -1.99. The number of benzene rings is 2. The molecular formula is C18H13N3O3S. The van der Waals surface area contributed by atoms with Crippen molar-refractivity contribution in [1.82, 2.24) is 5.32 Å². The van der Waals surface area contributed by atoms with Gasteiger partial charge in [0.15, 0.2) is 5.17 Å². The van der Waals surface area contributed by atoms with E-state index in [-0.39, 0.29) is 12.3 Å². The first-order valence-electron chi connectivity index (χ1n) is 7.67. The highest BCUT2D eigenvalue weighted by molar-refractivity contribution is 8.15. The summed E-state index contributed by atoms with van der Waals surface area (Å²) in [5, 5.41) is 19.6. The van der Waals surface area contributed by atoms with Gasteiger partial charge in [0, 0.05) is 11.1 Å². The highest BCUT2D eigenvalue weighted by Crippen LogP contribution is 2.36. The fourth-order valence-corrected chi connectivity index (χ4v) is 3.85. The summed E-state index contributed by atoms with van der Waals surface area (Å²) in [6.07, 6.45) is -0.238. The molecule has 1 amide bonds. The molecule has 4 rings (SSSR count). The van der Waals surface area contributed by atoms with Gasteiger partial charge in [-0.05, 0) is 11.1 Å². The number of carboxylic acids is 1. The number of carbonyl (C=O) groups is 2. The van der Waals surface area contributed by atoms with Crippen molar-refractivity contribution in [3.05, 3.63) is 59.7 Å². The maximum Gasteiger partial charge on any atom is 0.305 e. The number of thioether (sulfide) groups is 1. The molecule has 1 heterocycles. The van der Waals surface area contributed by atoms with Gasteiger partial charge in [0.05, 0.1) is 6.42 Å². The van der Waals surface area contributed by atoms with E-state index in [1.165, 1.54) is 0 Å². The molecule has 2 aromatic rings. The predicted molar refractivity (Wildman–Crippen MR) is 96.7 cm³/mol. The van der Waals surface area contributed by atoms with Gasteiger partial charge in [-0.3, -0.25) is 9.59 Å². The van der Waals surface area contributed by atoms with Crippen molar-refractivity contribution in [3.8, 4) is 11.1 Å². The first-order chi connectivity index (χ1) is 12.1. The number of hydrogen-bond donors (Lipinski definition) is 2. The van der Waals surface area contributed by atoms with Gasteiger partial charge in [0.2, 0.25) is 5.91 Å². The third kappa shape index (κ3) is 2.83. The Kier molecular flexibility index (Phi) is 3.85. The molecule has 0 saturated carbocycles. The maximum absolute atomic E-state index is 11.8. The highest BCUT2D eigenvalue weighted by Gasteiger charge is 2.32. The molecule has 1 saturated heterocycles. The third-order valence-corrected chi connectivity index (χ3v) is 5.10. The lowest BCUT2D eigenvalue weighted by atomic mass is 10.1. The molecule has 2 aromatic carbocycles. The first-order valence-corrected chi connectivity index (χ1v) is 8.55. The van der Waals surface area contributed by atoms with Gasteiger partial charge in [-0.25, -0.2) is 0 Å². The standard InChI is InChI=1S/C18H13N3O3S/c22-15(23)9-14-17(24)19-18(25-14)21-20-16-12-7-3-1-5-10(12)11-6-2-4-8-13(11)16/h1-8,14H,9H2,(H,22,23)(H,19,21,24). The molecule has 25 heavy (non-hydrogen) atoms. The summed E-state index contributed by atoms with van der Waals surface area (Å²) in [6.45, 7) is 0.